The second-order valence-electron chi connectivity index (χ2n) is 7.47. The molecule has 0 aliphatic carbocycles. The van der Waals surface area contributed by atoms with E-state index in [0.717, 1.165) is 62.6 Å². The summed E-state index contributed by atoms with van der Waals surface area (Å²) in [5.41, 5.74) is 4.53. The molecular formula is C23H30N2O2. The van der Waals surface area contributed by atoms with Crippen molar-refractivity contribution in [2.24, 2.45) is 0 Å². The van der Waals surface area contributed by atoms with Crippen LogP contribution in [0.15, 0.2) is 42.5 Å². The van der Waals surface area contributed by atoms with Crippen molar-refractivity contribution in [2.45, 2.75) is 33.4 Å². The fraction of sp³-hybridized carbons (Fsp3) is 0.435. The van der Waals surface area contributed by atoms with E-state index < -0.39 is 0 Å². The van der Waals surface area contributed by atoms with Crippen LogP contribution >= 0.6 is 0 Å². The summed E-state index contributed by atoms with van der Waals surface area (Å²) in [6.45, 7) is 9.85. The average molecular weight is 367 g/mol. The Morgan fingerprint density at radius 1 is 0.963 bits per heavy atom. The second-order valence-corrected chi connectivity index (χ2v) is 7.47. The molecule has 0 aromatic heterocycles. The maximum atomic E-state index is 11.7. The van der Waals surface area contributed by atoms with Gasteiger partial charge in [0.25, 0.3) is 0 Å². The Hall–Kier alpha value is -2.17. The molecule has 27 heavy (non-hydrogen) atoms. The Morgan fingerprint density at radius 2 is 1.63 bits per heavy atom. The maximum Gasteiger partial charge on any atom is 0.159 e. The van der Waals surface area contributed by atoms with Crippen molar-refractivity contribution in [3.63, 3.8) is 0 Å². The van der Waals surface area contributed by atoms with Gasteiger partial charge >= 0.3 is 0 Å². The van der Waals surface area contributed by atoms with Gasteiger partial charge in [-0.05, 0) is 57.1 Å². The van der Waals surface area contributed by atoms with E-state index in [1.165, 1.54) is 11.1 Å². The van der Waals surface area contributed by atoms with Crippen LogP contribution < -0.4 is 4.74 Å². The van der Waals surface area contributed by atoms with Gasteiger partial charge < -0.3 is 4.74 Å². The molecule has 4 nitrogen and oxygen atoms in total. The van der Waals surface area contributed by atoms with Crippen LogP contribution in [0.1, 0.15) is 40.4 Å². The fourth-order valence-electron chi connectivity index (χ4n) is 3.65. The van der Waals surface area contributed by atoms with E-state index in [4.69, 9.17) is 4.74 Å². The monoisotopic (exact) mass is 366 g/mol. The van der Waals surface area contributed by atoms with Crippen molar-refractivity contribution in [2.75, 3.05) is 33.3 Å². The lowest BCUT2D eigenvalue weighted by Crippen LogP contribution is -2.30. The molecule has 0 unspecified atom stereocenters. The van der Waals surface area contributed by atoms with Gasteiger partial charge in [-0.25, -0.2) is 0 Å². The van der Waals surface area contributed by atoms with Crippen molar-refractivity contribution in [3.8, 4) is 5.75 Å². The lowest BCUT2D eigenvalue weighted by atomic mass is 10.1. The molecule has 1 fully saturated rings. The minimum absolute atomic E-state index is 0.0963. The third-order valence-corrected chi connectivity index (χ3v) is 5.29. The maximum absolute atomic E-state index is 11.7. The van der Waals surface area contributed by atoms with Gasteiger partial charge in [-0.2, -0.15) is 0 Å². The van der Waals surface area contributed by atoms with E-state index in [1.54, 1.807) is 14.0 Å². The van der Waals surface area contributed by atoms with Crippen LogP contribution in [-0.4, -0.2) is 48.9 Å². The number of carbonyl (C=O) groups is 1. The SMILES string of the molecule is COc1ccc(C(C)=O)cc1CN1CCCN(Cc2ccc(C)cc2)CC1. The van der Waals surface area contributed by atoms with Gasteiger partial charge in [-0.3, -0.25) is 14.6 Å². The summed E-state index contributed by atoms with van der Waals surface area (Å²) in [6.07, 6.45) is 1.15. The summed E-state index contributed by atoms with van der Waals surface area (Å²) in [5, 5.41) is 0. The second kappa shape index (κ2) is 9.16. The summed E-state index contributed by atoms with van der Waals surface area (Å²) in [5.74, 6) is 0.958. The van der Waals surface area contributed by atoms with Gasteiger partial charge in [0.15, 0.2) is 5.78 Å². The number of hydrogen-bond donors (Lipinski definition) is 0. The van der Waals surface area contributed by atoms with Gasteiger partial charge in [0.2, 0.25) is 0 Å². The van der Waals surface area contributed by atoms with Crippen LogP contribution in [0, 0.1) is 6.92 Å². The fourth-order valence-corrected chi connectivity index (χ4v) is 3.65. The number of rotatable bonds is 6. The Kier molecular flexibility index (Phi) is 6.64. The molecule has 0 spiro atoms. The molecular weight excluding hydrogens is 336 g/mol. The predicted molar refractivity (Wildman–Crippen MR) is 109 cm³/mol. The summed E-state index contributed by atoms with van der Waals surface area (Å²) < 4.78 is 5.51. The number of methoxy groups -OCH3 is 1. The first-order valence-corrected chi connectivity index (χ1v) is 9.73. The summed E-state index contributed by atoms with van der Waals surface area (Å²) in [7, 11) is 1.69. The molecule has 0 amide bonds. The highest BCUT2D eigenvalue weighted by atomic mass is 16.5. The molecule has 4 heteroatoms. The zero-order valence-corrected chi connectivity index (χ0v) is 16.7. The molecule has 144 valence electrons. The molecule has 1 aliphatic heterocycles. The van der Waals surface area contributed by atoms with Crippen LogP contribution in [-0.2, 0) is 13.1 Å². The predicted octanol–water partition coefficient (Wildman–Crippen LogP) is 3.91. The highest BCUT2D eigenvalue weighted by molar-refractivity contribution is 5.94. The number of Topliss-reactive ketones (excluding diaryl/α,β-unsaturated/α-hetero) is 1. The Balaban J connectivity index is 1.62. The van der Waals surface area contributed by atoms with E-state index in [9.17, 15) is 4.79 Å². The number of benzene rings is 2. The van der Waals surface area contributed by atoms with Gasteiger partial charge in [0.05, 0.1) is 7.11 Å². The first kappa shape index (κ1) is 19.6. The quantitative estimate of drug-likeness (QED) is 0.726. The Labute approximate surface area is 162 Å². The molecule has 1 saturated heterocycles. The first-order chi connectivity index (χ1) is 13.0. The number of carbonyl (C=O) groups excluding carboxylic acids is 1. The molecule has 1 aliphatic rings. The molecule has 2 aromatic rings. The van der Waals surface area contributed by atoms with E-state index in [2.05, 4.69) is 41.0 Å². The van der Waals surface area contributed by atoms with Crippen molar-refractivity contribution >= 4 is 5.78 Å². The lowest BCUT2D eigenvalue weighted by molar-refractivity contribution is 0.101. The highest BCUT2D eigenvalue weighted by Crippen LogP contribution is 2.23. The van der Waals surface area contributed by atoms with Crippen LogP contribution in [0.5, 0.6) is 5.75 Å². The van der Waals surface area contributed by atoms with E-state index in [0.29, 0.717) is 0 Å². The van der Waals surface area contributed by atoms with E-state index in [1.807, 2.05) is 18.2 Å². The zero-order valence-electron chi connectivity index (χ0n) is 16.7. The van der Waals surface area contributed by atoms with Crippen LogP contribution in [0.3, 0.4) is 0 Å². The van der Waals surface area contributed by atoms with E-state index >= 15 is 0 Å². The topological polar surface area (TPSA) is 32.8 Å². The van der Waals surface area contributed by atoms with Crippen molar-refractivity contribution in [1.29, 1.82) is 0 Å². The molecule has 3 rings (SSSR count). The molecule has 0 N–H and O–H groups in total. The molecule has 1 heterocycles. The van der Waals surface area contributed by atoms with E-state index in [-0.39, 0.29) is 5.78 Å². The number of ketones is 1. The normalized spacial score (nSPS) is 16.1. The minimum Gasteiger partial charge on any atom is -0.496 e. The summed E-state index contributed by atoms with van der Waals surface area (Å²) in [4.78, 5) is 16.7. The van der Waals surface area contributed by atoms with Crippen LogP contribution in [0.4, 0.5) is 0 Å². The zero-order chi connectivity index (χ0) is 19.2. The van der Waals surface area contributed by atoms with Gasteiger partial charge in [-0.15, -0.1) is 0 Å². The molecule has 2 aromatic carbocycles. The standard InChI is InChI=1S/C23H30N2O2/c1-18-5-7-20(8-6-18)16-24-11-4-12-25(14-13-24)17-22-15-21(19(2)26)9-10-23(22)27-3/h5-10,15H,4,11-14,16-17H2,1-3H3. The van der Waals surface area contributed by atoms with Crippen molar-refractivity contribution in [3.05, 3.63) is 64.7 Å². The molecule has 0 bridgehead atoms. The third kappa shape index (κ3) is 5.41. The van der Waals surface area contributed by atoms with Crippen LogP contribution in [0.25, 0.3) is 0 Å². The highest BCUT2D eigenvalue weighted by Gasteiger charge is 2.17. The summed E-state index contributed by atoms with van der Waals surface area (Å²) in [6, 6.07) is 14.6. The number of hydrogen-bond acceptors (Lipinski definition) is 4. The van der Waals surface area contributed by atoms with Gasteiger partial charge in [0, 0.05) is 37.3 Å². The number of aryl methyl sites for hydroxylation is 1. The Bertz CT molecular complexity index is 770. The average Bonchev–Trinajstić information content (AvgIpc) is 2.88. The Morgan fingerprint density at radius 3 is 2.26 bits per heavy atom. The number of ether oxygens (including phenoxy) is 1. The molecule has 0 saturated carbocycles. The lowest BCUT2D eigenvalue weighted by Gasteiger charge is -2.23. The molecule has 0 radical (unpaired) electrons. The van der Waals surface area contributed by atoms with Crippen molar-refractivity contribution in [1.82, 2.24) is 9.80 Å². The largest absolute Gasteiger partial charge is 0.496 e. The third-order valence-electron chi connectivity index (χ3n) is 5.29. The van der Waals surface area contributed by atoms with Gasteiger partial charge in [-0.1, -0.05) is 29.8 Å². The van der Waals surface area contributed by atoms with Crippen molar-refractivity contribution < 1.29 is 9.53 Å². The van der Waals surface area contributed by atoms with Gasteiger partial charge in [0.1, 0.15) is 5.75 Å². The number of nitrogens with zero attached hydrogens (tertiary/aromatic N) is 2. The summed E-state index contributed by atoms with van der Waals surface area (Å²) >= 11 is 0. The minimum atomic E-state index is 0.0963. The van der Waals surface area contributed by atoms with Crippen LogP contribution in [0.2, 0.25) is 0 Å². The first-order valence-electron chi connectivity index (χ1n) is 9.73. The molecule has 0 atom stereocenters. The smallest absolute Gasteiger partial charge is 0.159 e.